The first-order valence-corrected chi connectivity index (χ1v) is 8.88. The van der Waals surface area contributed by atoms with Gasteiger partial charge in [-0.05, 0) is 44.4 Å². The Kier molecular flexibility index (Phi) is 5.49. The van der Waals surface area contributed by atoms with Crippen LogP contribution in [-0.4, -0.2) is 35.2 Å². The number of hydrogen-bond acceptors (Lipinski definition) is 3. The van der Waals surface area contributed by atoms with Gasteiger partial charge in [0.1, 0.15) is 6.04 Å². The van der Waals surface area contributed by atoms with Crippen molar-refractivity contribution in [3.05, 3.63) is 18.0 Å². The third-order valence-electron chi connectivity index (χ3n) is 5.27. The maximum atomic E-state index is 13.5. The molecule has 1 atom stereocenters. The molecular weight excluding hydrogens is 319 g/mol. The molecule has 0 bridgehead atoms. The third kappa shape index (κ3) is 4.30. The molecule has 1 aliphatic heterocycles. The normalized spacial score (nSPS) is 28.0. The standard InChI is InChI=1S/C17H26F3N3O/c1-12-2-4-15(5-3-12)23-11-13(10-21-23)16(17(18,19)20)22-14-6-8-24-9-7-14/h10-12,14-16,22H,2-9H2,1H3. The van der Waals surface area contributed by atoms with E-state index in [1.807, 2.05) is 0 Å². The molecule has 2 fully saturated rings. The highest BCUT2D eigenvalue weighted by Crippen LogP contribution is 2.36. The van der Waals surface area contributed by atoms with Gasteiger partial charge in [0.2, 0.25) is 0 Å². The van der Waals surface area contributed by atoms with E-state index in [1.165, 1.54) is 6.20 Å². The summed E-state index contributed by atoms with van der Waals surface area (Å²) in [6.07, 6.45) is 4.08. The van der Waals surface area contributed by atoms with Crippen LogP contribution < -0.4 is 5.32 Å². The van der Waals surface area contributed by atoms with Gasteiger partial charge in [0.25, 0.3) is 0 Å². The lowest BCUT2D eigenvalue weighted by atomic mass is 9.87. The molecule has 136 valence electrons. The van der Waals surface area contributed by atoms with E-state index in [2.05, 4.69) is 17.3 Å². The van der Waals surface area contributed by atoms with Crippen LogP contribution in [0.5, 0.6) is 0 Å². The number of aromatic nitrogens is 2. The monoisotopic (exact) mass is 345 g/mol. The summed E-state index contributed by atoms with van der Waals surface area (Å²) in [5, 5.41) is 7.02. The van der Waals surface area contributed by atoms with E-state index < -0.39 is 12.2 Å². The molecule has 7 heteroatoms. The number of hydrogen-bond donors (Lipinski definition) is 1. The molecule has 0 aromatic carbocycles. The van der Waals surface area contributed by atoms with Gasteiger partial charge < -0.3 is 4.74 Å². The summed E-state index contributed by atoms with van der Waals surface area (Å²) < 4.78 is 47.6. The first-order valence-electron chi connectivity index (χ1n) is 8.88. The van der Waals surface area contributed by atoms with Crippen molar-refractivity contribution in [1.29, 1.82) is 0 Å². The molecule has 0 spiro atoms. The predicted octanol–water partition coefficient (Wildman–Crippen LogP) is 4.01. The zero-order chi connectivity index (χ0) is 17.2. The lowest BCUT2D eigenvalue weighted by Crippen LogP contribution is -2.43. The maximum Gasteiger partial charge on any atom is 0.408 e. The Hall–Kier alpha value is -1.08. The summed E-state index contributed by atoms with van der Waals surface area (Å²) in [7, 11) is 0. The second-order valence-electron chi connectivity index (χ2n) is 7.20. The fourth-order valence-electron chi connectivity index (χ4n) is 3.69. The lowest BCUT2D eigenvalue weighted by Gasteiger charge is -2.29. The van der Waals surface area contributed by atoms with Crippen LogP contribution in [0, 0.1) is 5.92 Å². The zero-order valence-corrected chi connectivity index (χ0v) is 14.1. The van der Waals surface area contributed by atoms with Crippen LogP contribution in [0.25, 0.3) is 0 Å². The Labute approximate surface area is 140 Å². The van der Waals surface area contributed by atoms with E-state index in [1.54, 1.807) is 10.9 Å². The van der Waals surface area contributed by atoms with Gasteiger partial charge in [-0.25, -0.2) is 0 Å². The van der Waals surface area contributed by atoms with Gasteiger partial charge in [0, 0.05) is 31.0 Å². The molecule has 0 radical (unpaired) electrons. The van der Waals surface area contributed by atoms with Crippen LogP contribution in [-0.2, 0) is 4.74 Å². The number of alkyl halides is 3. The van der Waals surface area contributed by atoms with Crippen molar-refractivity contribution in [2.75, 3.05) is 13.2 Å². The molecular formula is C17H26F3N3O. The first-order chi connectivity index (χ1) is 11.4. The molecule has 2 heterocycles. The molecule has 1 aliphatic carbocycles. The van der Waals surface area contributed by atoms with E-state index in [9.17, 15) is 13.2 Å². The highest BCUT2D eigenvalue weighted by molar-refractivity contribution is 5.14. The van der Waals surface area contributed by atoms with E-state index in [4.69, 9.17) is 4.74 Å². The zero-order valence-electron chi connectivity index (χ0n) is 14.1. The minimum absolute atomic E-state index is 0.163. The SMILES string of the molecule is CC1CCC(n2cc(C(NC3CCOCC3)C(F)(F)F)cn2)CC1. The van der Waals surface area contributed by atoms with Crippen LogP contribution >= 0.6 is 0 Å². The van der Waals surface area contributed by atoms with Gasteiger partial charge >= 0.3 is 6.18 Å². The van der Waals surface area contributed by atoms with Gasteiger partial charge in [-0.3, -0.25) is 10.00 Å². The van der Waals surface area contributed by atoms with Crippen LogP contribution in [0.15, 0.2) is 12.4 Å². The van der Waals surface area contributed by atoms with Crippen molar-refractivity contribution in [3.63, 3.8) is 0 Å². The average Bonchev–Trinajstić information content (AvgIpc) is 3.02. The van der Waals surface area contributed by atoms with Gasteiger partial charge in [-0.1, -0.05) is 6.92 Å². The van der Waals surface area contributed by atoms with Crippen molar-refractivity contribution < 1.29 is 17.9 Å². The molecule has 1 N–H and O–H groups in total. The molecule has 3 rings (SSSR count). The average molecular weight is 345 g/mol. The Morgan fingerprint density at radius 3 is 2.46 bits per heavy atom. The van der Waals surface area contributed by atoms with E-state index >= 15 is 0 Å². The summed E-state index contributed by atoms with van der Waals surface area (Å²) in [6.45, 7) is 3.26. The fraction of sp³-hybridized carbons (Fsp3) is 0.824. The Morgan fingerprint density at radius 2 is 1.83 bits per heavy atom. The summed E-state index contributed by atoms with van der Waals surface area (Å²) >= 11 is 0. The predicted molar refractivity (Wildman–Crippen MR) is 84.7 cm³/mol. The maximum absolute atomic E-state index is 13.5. The van der Waals surface area contributed by atoms with Crippen LogP contribution in [0.3, 0.4) is 0 Å². The first kappa shape index (κ1) is 17.7. The van der Waals surface area contributed by atoms with E-state index in [-0.39, 0.29) is 17.6 Å². The fourth-order valence-corrected chi connectivity index (χ4v) is 3.69. The van der Waals surface area contributed by atoms with Gasteiger partial charge in [0.15, 0.2) is 0 Å². The second-order valence-corrected chi connectivity index (χ2v) is 7.20. The number of halogens is 3. The lowest BCUT2D eigenvalue weighted by molar-refractivity contribution is -0.161. The molecule has 1 saturated heterocycles. The van der Waals surface area contributed by atoms with Crippen LogP contribution in [0.4, 0.5) is 13.2 Å². The van der Waals surface area contributed by atoms with Crippen LogP contribution in [0.2, 0.25) is 0 Å². The van der Waals surface area contributed by atoms with E-state index in [0.717, 1.165) is 25.7 Å². The molecule has 4 nitrogen and oxygen atoms in total. The number of rotatable bonds is 4. The van der Waals surface area contributed by atoms with Crippen molar-refractivity contribution in [1.82, 2.24) is 15.1 Å². The Morgan fingerprint density at radius 1 is 1.17 bits per heavy atom. The van der Waals surface area contributed by atoms with Crippen molar-refractivity contribution >= 4 is 0 Å². The third-order valence-corrected chi connectivity index (χ3v) is 5.27. The number of nitrogens with one attached hydrogen (secondary N) is 1. The quantitative estimate of drug-likeness (QED) is 0.896. The summed E-state index contributed by atoms with van der Waals surface area (Å²) in [4.78, 5) is 0. The minimum Gasteiger partial charge on any atom is -0.381 e. The second kappa shape index (κ2) is 7.44. The Bertz CT molecular complexity index is 517. The molecule has 0 amide bonds. The summed E-state index contributed by atoms with van der Waals surface area (Å²) in [5.41, 5.74) is 0.215. The van der Waals surface area contributed by atoms with Gasteiger partial charge in [-0.2, -0.15) is 18.3 Å². The molecule has 1 aromatic rings. The number of ether oxygens (including phenoxy) is 1. The highest BCUT2D eigenvalue weighted by Gasteiger charge is 2.43. The van der Waals surface area contributed by atoms with Gasteiger partial charge in [-0.15, -0.1) is 0 Å². The smallest absolute Gasteiger partial charge is 0.381 e. The van der Waals surface area contributed by atoms with Gasteiger partial charge in [0.05, 0.1) is 12.2 Å². The minimum atomic E-state index is -4.33. The van der Waals surface area contributed by atoms with E-state index in [0.29, 0.717) is 32.0 Å². The topological polar surface area (TPSA) is 39.1 Å². The van der Waals surface area contributed by atoms with Crippen molar-refractivity contribution in [2.24, 2.45) is 5.92 Å². The molecule has 24 heavy (non-hydrogen) atoms. The number of nitrogens with zero attached hydrogens (tertiary/aromatic N) is 2. The summed E-state index contributed by atoms with van der Waals surface area (Å²) in [5.74, 6) is 0.703. The summed E-state index contributed by atoms with van der Waals surface area (Å²) in [6, 6.07) is -1.59. The molecule has 1 unspecified atom stereocenters. The van der Waals surface area contributed by atoms with Crippen molar-refractivity contribution in [3.8, 4) is 0 Å². The van der Waals surface area contributed by atoms with Crippen molar-refractivity contribution in [2.45, 2.75) is 69.8 Å². The largest absolute Gasteiger partial charge is 0.408 e. The molecule has 1 saturated carbocycles. The van der Waals surface area contributed by atoms with Crippen LogP contribution in [0.1, 0.15) is 63.1 Å². The highest BCUT2D eigenvalue weighted by atomic mass is 19.4. The molecule has 1 aromatic heterocycles. The molecule has 2 aliphatic rings. The Balaban J connectivity index is 1.71.